The minimum absolute atomic E-state index is 0.0276. The molecule has 2 aliphatic rings. The Morgan fingerprint density at radius 3 is 2.76 bits per heavy atom. The third-order valence-electron chi connectivity index (χ3n) is 5.99. The summed E-state index contributed by atoms with van der Waals surface area (Å²) in [6.45, 7) is 2.02. The van der Waals surface area contributed by atoms with Gasteiger partial charge >= 0.3 is 6.18 Å². The first-order valence-corrected chi connectivity index (χ1v) is 10.4. The molecule has 0 bridgehead atoms. The van der Waals surface area contributed by atoms with Gasteiger partial charge in [-0.1, -0.05) is 17.3 Å². The molecule has 34 heavy (non-hydrogen) atoms. The molecule has 11 heteroatoms. The standard InChI is InChI=1S/C23H16F4N6O/c1-12-2-5-18-19(6-12)33-14(9-29-31-33)8-20-21(28-11-32(18)20)22-30-17(10-34-22)13-3-4-16(24)15(7-13)23(25,26)27/h2-7,9,11,17H,8,10H2,1H3/t17-/m1/s1. The molecule has 0 saturated carbocycles. The second kappa shape index (κ2) is 7.24. The summed E-state index contributed by atoms with van der Waals surface area (Å²) in [6, 6.07) is 8.13. The van der Waals surface area contributed by atoms with E-state index in [4.69, 9.17) is 4.74 Å². The van der Waals surface area contributed by atoms with Crippen LogP contribution in [0.15, 0.2) is 53.9 Å². The average molecular weight is 468 g/mol. The highest BCUT2D eigenvalue weighted by Gasteiger charge is 2.36. The topological polar surface area (TPSA) is 70.1 Å². The number of alkyl halides is 3. The molecular formula is C23H16F4N6O. The number of imidazole rings is 1. The third kappa shape index (κ3) is 3.18. The van der Waals surface area contributed by atoms with E-state index in [1.165, 1.54) is 6.07 Å². The highest BCUT2D eigenvalue weighted by atomic mass is 19.4. The van der Waals surface area contributed by atoms with Crippen molar-refractivity contribution in [3.63, 3.8) is 0 Å². The van der Waals surface area contributed by atoms with Gasteiger partial charge in [-0.2, -0.15) is 13.2 Å². The molecule has 4 aromatic rings. The Morgan fingerprint density at radius 2 is 1.94 bits per heavy atom. The number of hydrogen-bond donors (Lipinski definition) is 0. The molecule has 0 fully saturated rings. The number of aliphatic imine (C=N–C) groups is 1. The molecule has 0 amide bonds. The first-order valence-electron chi connectivity index (χ1n) is 10.4. The normalized spacial score (nSPS) is 16.9. The highest BCUT2D eigenvalue weighted by molar-refractivity contribution is 5.95. The van der Waals surface area contributed by atoms with Crippen LogP contribution in [-0.4, -0.2) is 37.0 Å². The first kappa shape index (κ1) is 20.6. The predicted octanol–water partition coefficient (Wildman–Crippen LogP) is 4.34. The van der Waals surface area contributed by atoms with Gasteiger partial charge in [0.1, 0.15) is 30.5 Å². The molecule has 7 nitrogen and oxygen atoms in total. The Kier molecular flexibility index (Phi) is 4.38. The summed E-state index contributed by atoms with van der Waals surface area (Å²) in [5.41, 5.74) is 3.79. The fourth-order valence-electron chi connectivity index (χ4n) is 4.33. The van der Waals surface area contributed by atoms with Crippen molar-refractivity contribution in [3.05, 3.63) is 88.5 Å². The molecular weight excluding hydrogens is 452 g/mol. The van der Waals surface area contributed by atoms with Gasteiger partial charge in [0.15, 0.2) is 0 Å². The van der Waals surface area contributed by atoms with E-state index in [2.05, 4.69) is 20.3 Å². The van der Waals surface area contributed by atoms with Crippen LogP contribution in [0.5, 0.6) is 0 Å². The van der Waals surface area contributed by atoms with Gasteiger partial charge in [-0.25, -0.2) is 19.0 Å². The first-order chi connectivity index (χ1) is 16.3. The number of benzene rings is 2. The van der Waals surface area contributed by atoms with Crippen LogP contribution in [0, 0.1) is 12.7 Å². The maximum Gasteiger partial charge on any atom is 0.419 e. The lowest BCUT2D eigenvalue weighted by atomic mass is 10.0. The number of fused-ring (bicyclic) bond motifs is 5. The van der Waals surface area contributed by atoms with Gasteiger partial charge in [0.25, 0.3) is 0 Å². The molecule has 0 spiro atoms. The van der Waals surface area contributed by atoms with Crippen molar-refractivity contribution < 1.29 is 22.3 Å². The van der Waals surface area contributed by atoms with Crippen molar-refractivity contribution in [1.82, 2.24) is 24.5 Å². The van der Waals surface area contributed by atoms with E-state index in [0.29, 0.717) is 12.1 Å². The molecule has 4 heterocycles. The Balaban J connectivity index is 1.42. The summed E-state index contributed by atoms with van der Waals surface area (Å²) in [5, 5.41) is 8.27. The SMILES string of the molecule is Cc1ccc2c(c1)-n1nncc1Cc1c(C3=N[C@@H](c4ccc(F)c(C(F)(F)F)c4)CO3)ncn1-2. The maximum absolute atomic E-state index is 13.7. The fourth-order valence-corrected chi connectivity index (χ4v) is 4.33. The van der Waals surface area contributed by atoms with Gasteiger partial charge in [0.05, 0.1) is 34.5 Å². The van der Waals surface area contributed by atoms with Crippen LogP contribution >= 0.6 is 0 Å². The Hall–Kier alpha value is -4.02. The largest absolute Gasteiger partial charge is 0.474 e. The number of aryl methyl sites for hydroxylation is 1. The molecule has 0 N–H and O–H groups in total. The quantitative estimate of drug-likeness (QED) is 0.362. The number of halogens is 4. The van der Waals surface area contributed by atoms with E-state index in [0.717, 1.165) is 40.5 Å². The van der Waals surface area contributed by atoms with Crippen molar-refractivity contribution >= 4 is 5.90 Å². The van der Waals surface area contributed by atoms with E-state index < -0.39 is 23.6 Å². The van der Waals surface area contributed by atoms with Gasteiger partial charge in [-0.05, 0) is 42.3 Å². The smallest absolute Gasteiger partial charge is 0.419 e. The number of nitrogens with zero attached hydrogens (tertiary/aromatic N) is 6. The molecule has 0 saturated heterocycles. The van der Waals surface area contributed by atoms with E-state index in [1.807, 2.05) is 29.7 Å². The molecule has 2 aliphatic heterocycles. The van der Waals surface area contributed by atoms with Crippen LogP contribution in [-0.2, 0) is 17.3 Å². The van der Waals surface area contributed by atoms with Crippen molar-refractivity contribution in [2.24, 2.45) is 4.99 Å². The van der Waals surface area contributed by atoms with Crippen molar-refractivity contribution in [2.45, 2.75) is 25.6 Å². The van der Waals surface area contributed by atoms with Crippen LogP contribution in [0.25, 0.3) is 11.4 Å². The average Bonchev–Trinajstić information content (AvgIpc) is 3.52. The van der Waals surface area contributed by atoms with Gasteiger partial charge in [-0.15, -0.1) is 5.10 Å². The molecule has 0 radical (unpaired) electrons. The lowest BCUT2D eigenvalue weighted by molar-refractivity contribution is -0.140. The molecule has 6 rings (SSSR count). The van der Waals surface area contributed by atoms with Crippen LogP contribution < -0.4 is 0 Å². The van der Waals surface area contributed by atoms with E-state index in [-0.39, 0.29) is 18.1 Å². The number of aromatic nitrogens is 5. The molecule has 172 valence electrons. The Morgan fingerprint density at radius 1 is 1.09 bits per heavy atom. The number of hydrogen-bond acceptors (Lipinski definition) is 5. The number of rotatable bonds is 2. The summed E-state index contributed by atoms with van der Waals surface area (Å²) < 4.78 is 62.6. The molecule has 0 aliphatic carbocycles. The molecule has 2 aromatic heterocycles. The van der Waals surface area contributed by atoms with E-state index >= 15 is 0 Å². The van der Waals surface area contributed by atoms with Crippen molar-refractivity contribution in [2.75, 3.05) is 6.61 Å². The predicted molar refractivity (Wildman–Crippen MR) is 113 cm³/mol. The fraction of sp³-hybridized carbons (Fsp3) is 0.217. The minimum Gasteiger partial charge on any atom is -0.474 e. The van der Waals surface area contributed by atoms with Crippen LogP contribution in [0.4, 0.5) is 17.6 Å². The monoisotopic (exact) mass is 468 g/mol. The maximum atomic E-state index is 13.7. The van der Waals surface area contributed by atoms with Gasteiger partial charge in [-0.3, -0.25) is 4.57 Å². The zero-order valence-corrected chi connectivity index (χ0v) is 17.7. The summed E-state index contributed by atoms with van der Waals surface area (Å²) in [5.74, 6) is -1.09. The van der Waals surface area contributed by atoms with Gasteiger partial charge in [0.2, 0.25) is 5.90 Å². The van der Waals surface area contributed by atoms with Crippen molar-refractivity contribution in [1.29, 1.82) is 0 Å². The third-order valence-corrected chi connectivity index (χ3v) is 5.99. The lowest BCUT2D eigenvalue weighted by Crippen LogP contribution is -2.10. The van der Waals surface area contributed by atoms with E-state index in [9.17, 15) is 17.6 Å². The number of ether oxygens (including phenoxy) is 1. The second-order valence-corrected chi connectivity index (χ2v) is 8.21. The molecule has 1 atom stereocenters. The van der Waals surface area contributed by atoms with Crippen LogP contribution in [0.2, 0.25) is 0 Å². The van der Waals surface area contributed by atoms with Crippen LogP contribution in [0.1, 0.15) is 39.8 Å². The zero-order chi connectivity index (χ0) is 23.6. The summed E-state index contributed by atoms with van der Waals surface area (Å²) in [6.07, 6.45) is -1.01. The van der Waals surface area contributed by atoms with Crippen molar-refractivity contribution in [3.8, 4) is 11.4 Å². The second-order valence-electron chi connectivity index (χ2n) is 8.21. The Bertz CT molecular complexity index is 1470. The molecule has 0 unspecified atom stereocenters. The highest BCUT2D eigenvalue weighted by Crippen LogP contribution is 2.36. The lowest BCUT2D eigenvalue weighted by Gasteiger charge is -2.11. The zero-order valence-electron chi connectivity index (χ0n) is 17.7. The van der Waals surface area contributed by atoms with Gasteiger partial charge in [0, 0.05) is 6.42 Å². The summed E-state index contributed by atoms with van der Waals surface area (Å²) >= 11 is 0. The Labute approximate surface area is 190 Å². The minimum atomic E-state index is -4.80. The summed E-state index contributed by atoms with van der Waals surface area (Å²) in [4.78, 5) is 9.01. The molecule has 2 aromatic carbocycles. The summed E-state index contributed by atoms with van der Waals surface area (Å²) in [7, 11) is 0. The van der Waals surface area contributed by atoms with E-state index in [1.54, 1.807) is 17.2 Å². The van der Waals surface area contributed by atoms with Crippen LogP contribution in [0.3, 0.4) is 0 Å². The van der Waals surface area contributed by atoms with Gasteiger partial charge < -0.3 is 4.74 Å².